The molecule has 1 aromatic heterocycles. The molecule has 0 radical (unpaired) electrons. The highest BCUT2D eigenvalue weighted by molar-refractivity contribution is 5.77. The Morgan fingerprint density at radius 1 is 1.24 bits per heavy atom. The third-order valence-electron chi connectivity index (χ3n) is 4.09. The maximum Gasteiger partial charge on any atom is 0.188 e. The molecule has 0 saturated heterocycles. The highest BCUT2D eigenvalue weighted by atomic mass is 16.5. The Balaban J connectivity index is 2.62. The Bertz CT molecular complexity index is 604. The Morgan fingerprint density at radius 3 is 2.57 bits per heavy atom. The van der Waals surface area contributed by atoms with Crippen LogP contribution in [0.2, 0.25) is 0 Å². The Labute approximate surface area is 125 Å². The number of nitrogen functional groups attached to an aromatic ring is 1. The number of ether oxygens (including phenoxy) is 1. The van der Waals surface area contributed by atoms with Gasteiger partial charge in [0.1, 0.15) is 5.75 Å². The summed E-state index contributed by atoms with van der Waals surface area (Å²) in [5.41, 5.74) is 7.38. The van der Waals surface area contributed by atoms with Crippen LogP contribution in [0.15, 0.2) is 18.2 Å². The summed E-state index contributed by atoms with van der Waals surface area (Å²) < 4.78 is 7.55. The van der Waals surface area contributed by atoms with Crippen LogP contribution < -0.4 is 10.5 Å². The van der Waals surface area contributed by atoms with E-state index >= 15 is 0 Å². The summed E-state index contributed by atoms with van der Waals surface area (Å²) in [6.07, 6.45) is 1.86. The van der Waals surface area contributed by atoms with Crippen LogP contribution >= 0.6 is 0 Å². The molecule has 1 aromatic carbocycles. The van der Waals surface area contributed by atoms with Gasteiger partial charge in [-0.2, -0.15) is 0 Å². The predicted octanol–water partition coefficient (Wildman–Crippen LogP) is 2.86. The van der Waals surface area contributed by atoms with Crippen molar-refractivity contribution in [2.75, 3.05) is 12.3 Å². The van der Waals surface area contributed by atoms with Crippen molar-refractivity contribution in [3.05, 3.63) is 18.2 Å². The first-order valence-corrected chi connectivity index (χ1v) is 7.37. The first kappa shape index (κ1) is 15.3. The van der Waals surface area contributed by atoms with Gasteiger partial charge in [0.2, 0.25) is 0 Å². The molecule has 0 saturated carbocycles. The number of hydrogen-bond acceptors (Lipinski definition) is 5. The lowest BCUT2D eigenvalue weighted by atomic mass is 9.95. The van der Waals surface area contributed by atoms with E-state index < -0.39 is 0 Å². The van der Waals surface area contributed by atoms with E-state index in [0.717, 1.165) is 18.4 Å². The molecule has 6 heteroatoms. The van der Waals surface area contributed by atoms with Gasteiger partial charge in [0.25, 0.3) is 0 Å². The van der Waals surface area contributed by atoms with Crippen LogP contribution in [0.25, 0.3) is 11.4 Å². The SMILES string of the molecule is CCOc1cccc(N)c1-c1nnnn1C(C)(CC)CC. The molecule has 0 atom stereocenters. The second-order valence-corrected chi connectivity index (χ2v) is 5.27. The fourth-order valence-electron chi connectivity index (χ4n) is 2.32. The van der Waals surface area contributed by atoms with Gasteiger partial charge in [-0.05, 0) is 49.2 Å². The standard InChI is InChI=1S/C15H23N5O/c1-5-15(4,6-2)20-14(17-18-19-20)13-11(16)9-8-10-12(13)21-7-3/h8-10H,5-7,16H2,1-4H3. The molecular weight excluding hydrogens is 266 g/mol. The molecule has 2 aromatic rings. The summed E-state index contributed by atoms with van der Waals surface area (Å²) in [5, 5.41) is 12.2. The van der Waals surface area contributed by atoms with Crippen molar-refractivity contribution in [1.29, 1.82) is 0 Å². The van der Waals surface area contributed by atoms with E-state index in [1.54, 1.807) is 0 Å². The minimum atomic E-state index is -0.148. The summed E-state index contributed by atoms with van der Waals surface area (Å²) in [5.74, 6) is 1.37. The maximum atomic E-state index is 6.15. The molecule has 2 N–H and O–H groups in total. The highest BCUT2D eigenvalue weighted by Crippen LogP contribution is 2.36. The van der Waals surface area contributed by atoms with E-state index in [1.165, 1.54) is 0 Å². The van der Waals surface area contributed by atoms with Crippen molar-refractivity contribution < 1.29 is 4.74 Å². The van der Waals surface area contributed by atoms with Gasteiger partial charge in [-0.25, -0.2) is 4.68 Å². The summed E-state index contributed by atoms with van der Waals surface area (Å²) >= 11 is 0. The lowest BCUT2D eigenvalue weighted by Crippen LogP contribution is -2.30. The minimum absolute atomic E-state index is 0.148. The van der Waals surface area contributed by atoms with Crippen molar-refractivity contribution in [1.82, 2.24) is 20.2 Å². The van der Waals surface area contributed by atoms with Gasteiger partial charge in [-0.1, -0.05) is 19.9 Å². The lowest BCUT2D eigenvalue weighted by Gasteiger charge is -2.28. The van der Waals surface area contributed by atoms with Crippen LogP contribution in [0.1, 0.15) is 40.5 Å². The first-order chi connectivity index (χ1) is 10.1. The zero-order valence-electron chi connectivity index (χ0n) is 13.1. The summed E-state index contributed by atoms with van der Waals surface area (Å²) in [6.45, 7) is 8.92. The zero-order valence-corrected chi connectivity index (χ0v) is 13.1. The molecule has 0 unspecified atom stereocenters. The van der Waals surface area contributed by atoms with Gasteiger partial charge in [0, 0.05) is 5.69 Å². The van der Waals surface area contributed by atoms with E-state index in [4.69, 9.17) is 10.5 Å². The number of benzene rings is 1. The molecule has 2 rings (SSSR count). The monoisotopic (exact) mass is 289 g/mol. The first-order valence-electron chi connectivity index (χ1n) is 7.37. The van der Waals surface area contributed by atoms with Crippen LogP contribution in [-0.2, 0) is 5.54 Å². The molecule has 0 aliphatic heterocycles. The molecule has 0 bridgehead atoms. The molecule has 0 amide bonds. The smallest absolute Gasteiger partial charge is 0.188 e. The third kappa shape index (κ3) is 2.70. The molecule has 0 spiro atoms. The normalized spacial score (nSPS) is 11.6. The number of aromatic nitrogens is 4. The van der Waals surface area contributed by atoms with Crippen LogP contribution in [0.5, 0.6) is 5.75 Å². The fraction of sp³-hybridized carbons (Fsp3) is 0.533. The molecule has 0 aliphatic rings. The number of hydrogen-bond donors (Lipinski definition) is 1. The maximum absolute atomic E-state index is 6.15. The van der Waals surface area contributed by atoms with Crippen molar-refractivity contribution in [3.63, 3.8) is 0 Å². The number of rotatable bonds is 6. The quantitative estimate of drug-likeness (QED) is 0.827. The van der Waals surface area contributed by atoms with E-state index in [9.17, 15) is 0 Å². The fourth-order valence-corrected chi connectivity index (χ4v) is 2.32. The van der Waals surface area contributed by atoms with Crippen LogP contribution in [-0.4, -0.2) is 26.8 Å². The number of nitrogens with zero attached hydrogens (tertiary/aromatic N) is 4. The van der Waals surface area contributed by atoms with Crippen LogP contribution in [0.4, 0.5) is 5.69 Å². The molecule has 21 heavy (non-hydrogen) atoms. The largest absolute Gasteiger partial charge is 0.493 e. The van der Waals surface area contributed by atoms with Gasteiger partial charge >= 0.3 is 0 Å². The molecule has 0 fully saturated rings. The molecule has 114 valence electrons. The second-order valence-electron chi connectivity index (χ2n) is 5.27. The number of anilines is 1. The Morgan fingerprint density at radius 2 is 1.95 bits per heavy atom. The Hall–Kier alpha value is -2.11. The van der Waals surface area contributed by atoms with Crippen LogP contribution in [0, 0.1) is 0 Å². The zero-order chi connectivity index (χ0) is 15.5. The van der Waals surface area contributed by atoms with Crippen molar-refractivity contribution in [2.24, 2.45) is 0 Å². The average Bonchev–Trinajstić information content (AvgIpc) is 2.96. The van der Waals surface area contributed by atoms with E-state index in [0.29, 0.717) is 23.9 Å². The third-order valence-corrected chi connectivity index (χ3v) is 4.09. The van der Waals surface area contributed by atoms with E-state index in [1.807, 2.05) is 29.8 Å². The van der Waals surface area contributed by atoms with Crippen molar-refractivity contribution >= 4 is 5.69 Å². The molecule has 6 nitrogen and oxygen atoms in total. The van der Waals surface area contributed by atoms with Crippen molar-refractivity contribution in [2.45, 2.75) is 46.1 Å². The molecule has 0 aliphatic carbocycles. The van der Waals surface area contributed by atoms with E-state index in [-0.39, 0.29) is 5.54 Å². The van der Waals surface area contributed by atoms with Gasteiger partial charge in [0.15, 0.2) is 5.82 Å². The minimum Gasteiger partial charge on any atom is -0.493 e. The van der Waals surface area contributed by atoms with Gasteiger partial charge in [-0.3, -0.25) is 0 Å². The molecule has 1 heterocycles. The van der Waals surface area contributed by atoms with Crippen molar-refractivity contribution in [3.8, 4) is 17.1 Å². The predicted molar refractivity (Wildman–Crippen MR) is 83.1 cm³/mol. The highest BCUT2D eigenvalue weighted by Gasteiger charge is 2.29. The number of nitrogens with two attached hydrogens (primary N) is 1. The summed E-state index contributed by atoms with van der Waals surface area (Å²) in [6, 6.07) is 5.60. The molecular formula is C15H23N5O. The second kappa shape index (κ2) is 6.11. The van der Waals surface area contributed by atoms with Gasteiger partial charge in [-0.15, -0.1) is 5.10 Å². The lowest BCUT2D eigenvalue weighted by molar-refractivity contribution is 0.262. The van der Waals surface area contributed by atoms with E-state index in [2.05, 4.69) is 36.3 Å². The Kier molecular flexibility index (Phi) is 4.45. The van der Waals surface area contributed by atoms with Gasteiger partial charge < -0.3 is 10.5 Å². The van der Waals surface area contributed by atoms with Gasteiger partial charge in [0.05, 0.1) is 17.7 Å². The number of tetrazole rings is 1. The summed E-state index contributed by atoms with van der Waals surface area (Å²) in [4.78, 5) is 0. The van der Waals surface area contributed by atoms with Crippen LogP contribution in [0.3, 0.4) is 0 Å². The summed E-state index contributed by atoms with van der Waals surface area (Å²) in [7, 11) is 0. The average molecular weight is 289 g/mol. The topological polar surface area (TPSA) is 78.8 Å².